The Hall–Kier alpha value is -0.610. The summed E-state index contributed by atoms with van der Waals surface area (Å²) in [7, 11) is 1.95. The first-order chi connectivity index (χ1) is 9.13. The van der Waals surface area contributed by atoms with E-state index in [2.05, 4.69) is 12.2 Å². The van der Waals surface area contributed by atoms with Gasteiger partial charge in [0, 0.05) is 16.2 Å². The minimum atomic E-state index is -0.368. The standard InChI is InChI=1S/C15H21F2NS/c1-3-10-4-7-13(18-2)15(8-10)19-14-9-11(16)5-6-12(14)17/h5-6,9-10,13,15,18H,3-4,7-8H2,1-2H3. The maximum atomic E-state index is 13.7. The molecule has 3 unspecified atom stereocenters. The highest BCUT2D eigenvalue weighted by Crippen LogP contribution is 2.38. The Morgan fingerprint density at radius 2 is 2.11 bits per heavy atom. The fraction of sp³-hybridized carbons (Fsp3) is 0.600. The second kappa shape index (κ2) is 6.71. The predicted molar refractivity (Wildman–Crippen MR) is 76.5 cm³/mol. The van der Waals surface area contributed by atoms with E-state index in [1.807, 2.05) is 7.05 Å². The van der Waals surface area contributed by atoms with Crippen molar-refractivity contribution in [3.8, 4) is 0 Å². The number of benzene rings is 1. The molecule has 4 heteroatoms. The molecule has 1 aliphatic carbocycles. The van der Waals surface area contributed by atoms with Crippen LogP contribution in [0.3, 0.4) is 0 Å². The van der Waals surface area contributed by atoms with Gasteiger partial charge in [0.05, 0.1) is 0 Å². The zero-order valence-corrected chi connectivity index (χ0v) is 12.3. The van der Waals surface area contributed by atoms with Crippen molar-refractivity contribution in [3.05, 3.63) is 29.8 Å². The van der Waals surface area contributed by atoms with E-state index in [0.717, 1.165) is 12.8 Å². The Balaban J connectivity index is 2.11. The summed E-state index contributed by atoms with van der Waals surface area (Å²) in [6.07, 6.45) is 4.58. The van der Waals surface area contributed by atoms with Gasteiger partial charge in [-0.2, -0.15) is 0 Å². The van der Waals surface area contributed by atoms with E-state index >= 15 is 0 Å². The lowest BCUT2D eigenvalue weighted by atomic mass is 9.84. The van der Waals surface area contributed by atoms with E-state index in [1.165, 1.54) is 42.8 Å². The molecule has 0 aliphatic heterocycles. The average molecular weight is 285 g/mol. The molecular weight excluding hydrogens is 264 g/mol. The number of hydrogen-bond acceptors (Lipinski definition) is 2. The molecule has 0 radical (unpaired) electrons. The molecule has 0 spiro atoms. The average Bonchev–Trinajstić information content (AvgIpc) is 2.42. The zero-order chi connectivity index (χ0) is 13.8. The van der Waals surface area contributed by atoms with Gasteiger partial charge in [0.25, 0.3) is 0 Å². The van der Waals surface area contributed by atoms with Crippen molar-refractivity contribution < 1.29 is 8.78 Å². The molecular formula is C15H21F2NS. The fourth-order valence-electron chi connectivity index (χ4n) is 2.77. The van der Waals surface area contributed by atoms with Gasteiger partial charge < -0.3 is 5.32 Å². The van der Waals surface area contributed by atoms with Crippen LogP contribution in [0.2, 0.25) is 0 Å². The van der Waals surface area contributed by atoms with Crippen molar-refractivity contribution in [2.24, 2.45) is 5.92 Å². The molecule has 1 saturated carbocycles. The Morgan fingerprint density at radius 1 is 1.32 bits per heavy atom. The molecule has 0 heterocycles. The van der Waals surface area contributed by atoms with Crippen LogP contribution in [0.25, 0.3) is 0 Å². The molecule has 1 N–H and O–H groups in total. The van der Waals surface area contributed by atoms with Crippen molar-refractivity contribution in [2.45, 2.75) is 48.8 Å². The molecule has 3 atom stereocenters. The first kappa shape index (κ1) is 14.8. The number of hydrogen-bond donors (Lipinski definition) is 1. The third-order valence-electron chi connectivity index (χ3n) is 4.02. The highest BCUT2D eigenvalue weighted by atomic mass is 32.2. The van der Waals surface area contributed by atoms with E-state index in [-0.39, 0.29) is 11.6 Å². The summed E-state index contributed by atoms with van der Waals surface area (Å²) in [6.45, 7) is 2.20. The molecule has 106 valence electrons. The van der Waals surface area contributed by atoms with Gasteiger partial charge in [-0.15, -0.1) is 11.8 Å². The van der Waals surface area contributed by atoms with E-state index in [0.29, 0.717) is 22.1 Å². The van der Waals surface area contributed by atoms with Gasteiger partial charge in [0.1, 0.15) is 11.6 Å². The van der Waals surface area contributed by atoms with Crippen LogP contribution in [-0.2, 0) is 0 Å². The highest BCUT2D eigenvalue weighted by Gasteiger charge is 2.30. The smallest absolute Gasteiger partial charge is 0.136 e. The topological polar surface area (TPSA) is 12.0 Å². The first-order valence-electron chi connectivity index (χ1n) is 6.93. The summed E-state index contributed by atoms with van der Waals surface area (Å²) in [5.41, 5.74) is 0. The number of nitrogens with one attached hydrogen (secondary N) is 1. The second-order valence-corrected chi connectivity index (χ2v) is 6.49. The predicted octanol–water partition coefficient (Wildman–Crippen LogP) is 4.22. The van der Waals surface area contributed by atoms with Gasteiger partial charge in [-0.3, -0.25) is 0 Å². The molecule has 0 amide bonds. The first-order valence-corrected chi connectivity index (χ1v) is 7.81. The van der Waals surface area contributed by atoms with E-state index in [4.69, 9.17) is 0 Å². The molecule has 1 fully saturated rings. The third-order valence-corrected chi connectivity index (χ3v) is 5.41. The maximum Gasteiger partial charge on any atom is 0.136 e. The van der Waals surface area contributed by atoms with Crippen molar-refractivity contribution in [3.63, 3.8) is 0 Å². The van der Waals surface area contributed by atoms with Crippen LogP contribution in [-0.4, -0.2) is 18.3 Å². The molecule has 0 saturated heterocycles. The lowest BCUT2D eigenvalue weighted by Crippen LogP contribution is -2.40. The van der Waals surface area contributed by atoms with Crippen molar-refractivity contribution in [1.82, 2.24) is 5.32 Å². The van der Waals surface area contributed by atoms with Crippen LogP contribution in [0, 0.1) is 17.6 Å². The molecule has 1 aliphatic rings. The van der Waals surface area contributed by atoms with E-state index < -0.39 is 0 Å². The highest BCUT2D eigenvalue weighted by molar-refractivity contribution is 8.00. The summed E-state index contributed by atoms with van der Waals surface area (Å²) in [4.78, 5) is 0.432. The van der Waals surface area contributed by atoms with Gasteiger partial charge in [0.2, 0.25) is 0 Å². The largest absolute Gasteiger partial charge is 0.316 e. The number of rotatable bonds is 4. The SMILES string of the molecule is CCC1CCC(NC)C(Sc2cc(F)ccc2F)C1. The monoisotopic (exact) mass is 285 g/mol. The molecule has 0 aromatic heterocycles. The Morgan fingerprint density at radius 3 is 2.79 bits per heavy atom. The van der Waals surface area contributed by atoms with Crippen LogP contribution >= 0.6 is 11.8 Å². The lowest BCUT2D eigenvalue weighted by Gasteiger charge is -2.35. The van der Waals surface area contributed by atoms with Gasteiger partial charge in [-0.05, 0) is 50.4 Å². The van der Waals surface area contributed by atoms with Crippen LogP contribution in [0.1, 0.15) is 32.6 Å². The van der Waals surface area contributed by atoms with Crippen LogP contribution in [0.5, 0.6) is 0 Å². The summed E-state index contributed by atoms with van der Waals surface area (Å²) in [5.74, 6) is 0.0198. The number of thioether (sulfide) groups is 1. The lowest BCUT2D eigenvalue weighted by molar-refractivity contribution is 0.304. The molecule has 0 bridgehead atoms. The zero-order valence-electron chi connectivity index (χ0n) is 11.5. The summed E-state index contributed by atoms with van der Waals surface area (Å²) in [6, 6.07) is 4.08. The van der Waals surface area contributed by atoms with Gasteiger partial charge in [0.15, 0.2) is 0 Å². The van der Waals surface area contributed by atoms with Crippen LogP contribution < -0.4 is 5.32 Å². The Kier molecular flexibility index (Phi) is 5.22. The van der Waals surface area contributed by atoms with Gasteiger partial charge in [-0.25, -0.2) is 8.78 Å². The minimum Gasteiger partial charge on any atom is -0.316 e. The van der Waals surface area contributed by atoms with Crippen molar-refractivity contribution in [2.75, 3.05) is 7.05 Å². The minimum absolute atomic E-state index is 0.319. The molecule has 2 rings (SSSR count). The van der Waals surface area contributed by atoms with Crippen molar-refractivity contribution >= 4 is 11.8 Å². The molecule has 19 heavy (non-hydrogen) atoms. The summed E-state index contributed by atoms with van der Waals surface area (Å²) >= 11 is 1.48. The second-order valence-electron chi connectivity index (χ2n) is 5.21. The summed E-state index contributed by atoms with van der Waals surface area (Å²) in [5, 5.41) is 3.64. The molecule has 1 nitrogen and oxygen atoms in total. The van der Waals surface area contributed by atoms with Crippen LogP contribution in [0.4, 0.5) is 8.78 Å². The van der Waals surface area contributed by atoms with E-state index in [9.17, 15) is 8.78 Å². The Bertz CT molecular complexity index is 425. The normalized spacial score (nSPS) is 27.5. The number of halogens is 2. The van der Waals surface area contributed by atoms with Gasteiger partial charge in [-0.1, -0.05) is 13.3 Å². The Labute approximate surface area is 118 Å². The van der Waals surface area contributed by atoms with Crippen molar-refractivity contribution in [1.29, 1.82) is 0 Å². The molecule has 1 aromatic rings. The van der Waals surface area contributed by atoms with Gasteiger partial charge >= 0.3 is 0 Å². The van der Waals surface area contributed by atoms with Crippen LogP contribution in [0.15, 0.2) is 23.1 Å². The fourth-order valence-corrected chi connectivity index (χ4v) is 4.27. The third kappa shape index (κ3) is 3.69. The quantitative estimate of drug-likeness (QED) is 0.888. The summed E-state index contributed by atoms with van der Waals surface area (Å²) < 4.78 is 27.0. The van der Waals surface area contributed by atoms with E-state index in [1.54, 1.807) is 0 Å². The molecule has 1 aromatic carbocycles. The maximum absolute atomic E-state index is 13.7.